The van der Waals surface area contributed by atoms with Crippen LogP contribution in [0, 0.1) is 24.7 Å². The number of hydrogen-bond donors (Lipinski definition) is 0. The number of carbonyl (C=O) groups excluding carboxylic acids is 1. The van der Waals surface area contributed by atoms with Crippen molar-refractivity contribution in [2.24, 2.45) is 17.8 Å². The van der Waals surface area contributed by atoms with E-state index in [-0.39, 0.29) is 11.9 Å². The summed E-state index contributed by atoms with van der Waals surface area (Å²) in [6.07, 6.45) is 0.877. The van der Waals surface area contributed by atoms with Crippen LogP contribution in [0.4, 0.5) is 0 Å². The molecule has 1 aromatic rings. The van der Waals surface area contributed by atoms with E-state index in [0.717, 1.165) is 12.0 Å². The highest BCUT2D eigenvalue weighted by Crippen LogP contribution is 2.23. The SMILES string of the molecule is Cc1ccc(OC(=O)C(CC(C)C)C(C)C)cc1. The zero-order valence-electron chi connectivity index (χ0n) is 12.1. The first-order valence-corrected chi connectivity index (χ1v) is 6.68. The Morgan fingerprint density at radius 2 is 1.67 bits per heavy atom. The Hall–Kier alpha value is -1.31. The highest BCUT2D eigenvalue weighted by atomic mass is 16.5. The first-order chi connectivity index (χ1) is 8.40. The van der Waals surface area contributed by atoms with Crippen molar-refractivity contribution in [3.8, 4) is 5.75 Å². The van der Waals surface area contributed by atoms with Crippen LogP contribution in [0.15, 0.2) is 24.3 Å². The Kier molecular flexibility index (Phi) is 5.39. The largest absolute Gasteiger partial charge is 0.426 e. The van der Waals surface area contributed by atoms with E-state index in [0.29, 0.717) is 17.6 Å². The smallest absolute Gasteiger partial charge is 0.314 e. The third-order valence-electron chi connectivity index (χ3n) is 3.07. The van der Waals surface area contributed by atoms with Crippen molar-refractivity contribution in [3.05, 3.63) is 29.8 Å². The highest BCUT2D eigenvalue weighted by Gasteiger charge is 2.25. The maximum atomic E-state index is 12.2. The van der Waals surface area contributed by atoms with Crippen LogP contribution >= 0.6 is 0 Å². The van der Waals surface area contributed by atoms with Crippen LogP contribution in [0.25, 0.3) is 0 Å². The quantitative estimate of drug-likeness (QED) is 0.576. The molecule has 0 aliphatic carbocycles. The van der Waals surface area contributed by atoms with Crippen LogP contribution in [0.3, 0.4) is 0 Å². The molecule has 0 radical (unpaired) electrons. The van der Waals surface area contributed by atoms with Gasteiger partial charge >= 0.3 is 5.97 Å². The highest BCUT2D eigenvalue weighted by molar-refractivity contribution is 5.75. The van der Waals surface area contributed by atoms with Gasteiger partial charge in [-0.15, -0.1) is 0 Å². The van der Waals surface area contributed by atoms with Crippen molar-refractivity contribution >= 4 is 5.97 Å². The van der Waals surface area contributed by atoms with Crippen molar-refractivity contribution in [3.63, 3.8) is 0 Å². The summed E-state index contributed by atoms with van der Waals surface area (Å²) < 4.78 is 5.45. The average Bonchev–Trinajstić information content (AvgIpc) is 2.28. The predicted octanol–water partition coefficient (Wildman–Crippen LogP) is 4.22. The second-order valence-electron chi connectivity index (χ2n) is 5.71. The monoisotopic (exact) mass is 248 g/mol. The number of hydrogen-bond acceptors (Lipinski definition) is 2. The minimum atomic E-state index is -0.109. The van der Waals surface area contributed by atoms with Crippen LogP contribution < -0.4 is 4.74 Å². The van der Waals surface area contributed by atoms with E-state index in [9.17, 15) is 4.79 Å². The molecular weight excluding hydrogens is 224 g/mol. The zero-order chi connectivity index (χ0) is 13.7. The summed E-state index contributed by atoms with van der Waals surface area (Å²) in [5.41, 5.74) is 1.16. The molecule has 2 nitrogen and oxygen atoms in total. The van der Waals surface area contributed by atoms with Crippen LogP contribution in [0.1, 0.15) is 39.7 Å². The number of ether oxygens (including phenoxy) is 1. The molecule has 0 heterocycles. The lowest BCUT2D eigenvalue weighted by Gasteiger charge is -2.21. The summed E-state index contributed by atoms with van der Waals surface area (Å²) in [7, 11) is 0. The number of rotatable bonds is 5. The summed E-state index contributed by atoms with van der Waals surface area (Å²) in [5.74, 6) is 1.32. The van der Waals surface area contributed by atoms with E-state index in [4.69, 9.17) is 4.74 Å². The Bertz CT molecular complexity index is 377. The van der Waals surface area contributed by atoms with Gasteiger partial charge in [0.05, 0.1) is 5.92 Å². The third kappa shape index (κ3) is 4.52. The van der Waals surface area contributed by atoms with Crippen molar-refractivity contribution < 1.29 is 9.53 Å². The number of carbonyl (C=O) groups is 1. The topological polar surface area (TPSA) is 26.3 Å². The van der Waals surface area contributed by atoms with Crippen LogP contribution in [0.2, 0.25) is 0 Å². The minimum Gasteiger partial charge on any atom is -0.426 e. The molecule has 0 bridgehead atoms. The first kappa shape index (κ1) is 14.7. The molecule has 1 atom stereocenters. The number of aryl methyl sites for hydroxylation is 1. The molecule has 1 rings (SSSR count). The Morgan fingerprint density at radius 1 is 1.11 bits per heavy atom. The van der Waals surface area contributed by atoms with E-state index in [2.05, 4.69) is 27.7 Å². The molecule has 0 saturated carbocycles. The van der Waals surface area contributed by atoms with E-state index in [1.807, 2.05) is 31.2 Å². The molecular formula is C16H24O2. The van der Waals surface area contributed by atoms with Crippen LogP contribution in [-0.4, -0.2) is 5.97 Å². The Labute approximate surface area is 110 Å². The first-order valence-electron chi connectivity index (χ1n) is 6.68. The van der Waals surface area contributed by atoms with Gasteiger partial charge in [0.2, 0.25) is 0 Å². The van der Waals surface area contributed by atoms with Gasteiger partial charge in [0.25, 0.3) is 0 Å². The summed E-state index contributed by atoms with van der Waals surface area (Å²) in [6, 6.07) is 7.60. The summed E-state index contributed by atoms with van der Waals surface area (Å²) in [5, 5.41) is 0. The molecule has 0 aliphatic heterocycles. The second-order valence-corrected chi connectivity index (χ2v) is 5.71. The summed E-state index contributed by atoms with van der Waals surface area (Å²) in [4.78, 5) is 12.2. The van der Waals surface area contributed by atoms with Crippen LogP contribution in [0.5, 0.6) is 5.75 Å². The molecule has 0 fully saturated rings. The van der Waals surface area contributed by atoms with Crippen molar-refractivity contribution in [2.45, 2.75) is 41.0 Å². The van der Waals surface area contributed by atoms with Gasteiger partial charge in [0.15, 0.2) is 0 Å². The van der Waals surface area contributed by atoms with E-state index >= 15 is 0 Å². The number of esters is 1. The lowest BCUT2D eigenvalue weighted by Crippen LogP contribution is -2.26. The maximum absolute atomic E-state index is 12.2. The number of benzene rings is 1. The van der Waals surface area contributed by atoms with E-state index in [1.54, 1.807) is 0 Å². The van der Waals surface area contributed by atoms with Crippen LogP contribution in [-0.2, 0) is 4.79 Å². The molecule has 0 N–H and O–H groups in total. The molecule has 100 valence electrons. The Balaban J connectivity index is 2.69. The van der Waals surface area contributed by atoms with Gasteiger partial charge in [0, 0.05) is 0 Å². The zero-order valence-corrected chi connectivity index (χ0v) is 12.1. The third-order valence-corrected chi connectivity index (χ3v) is 3.07. The Morgan fingerprint density at radius 3 is 2.11 bits per heavy atom. The fourth-order valence-electron chi connectivity index (χ4n) is 1.95. The fourth-order valence-corrected chi connectivity index (χ4v) is 1.95. The predicted molar refractivity (Wildman–Crippen MR) is 74.6 cm³/mol. The van der Waals surface area contributed by atoms with Gasteiger partial charge < -0.3 is 4.74 Å². The lowest BCUT2D eigenvalue weighted by atomic mass is 9.88. The normalized spacial score (nSPS) is 12.8. The fraction of sp³-hybridized carbons (Fsp3) is 0.562. The molecule has 0 aliphatic rings. The summed E-state index contributed by atoms with van der Waals surface area (Å²) >= 11 is 0. The summed E-state index contributed by atoms with van der Waals surface area (Å²) in [6.45, 7) is 10.4. The molecule has 0 saturated heterocycles. The van der Waals surface area contributed by atoms with E-state index in [1.165, 1.54) is 0 Å². The van der Waals surface area contributed by atoms with Crippen molar-refractivity contribution in [1.82, 2.24) is 0 Å². The molecule has 0 aromatic heterocycles. The molecule has 1 aromatic carbocycles. The molecule has 2 heteroatoms. The minimum absolute atomic E-state index is 0.0219. The van der Waals surface area contributed by atoms with Gasteiger partial charge in [-0.05, 0) is 37.3 Å². The van der Waals surface area contributed by atoms with Gasteiger partial charge in [-0.2, -0.15) is 0 Å². The molecule has 18 heavy (non-hydrogen) atoms. The molecule has 1 unspecified atom stereocenters. The van der Waals surface area contributed by atoms with Gasteiger partial charge in [-0.3, -0.25) is 4.79 Å². The molecule has 0 spiro atoms. The van der Waals surface area contributed by atoms with E-state index < -0.39 is 0 Å². The molecule has 0 amide bonds. The lowest BCUT2D eigenvalue weighted by molar-refractivity contribution is -0.141. The average molecular weight is 248 g/mol. The van der Waals surface area contributed by atoms with Gasteiger partial charge in [-0.1, -0.05) is 45.4 Å². The van der Waals surface area contributed by atoms with Crippen molar-refractivity contribution in [2.75, 3.05) is 0 Å². The van der Waals surface area contributed by atoms with Gasteiger partial charge in [0.1, 0.15) is 5.75 Å². The standard InChI is InChI=1S/C16H24O2/c1-11(2)10-15(12(3)4)16(17)18-14-8-6-13(5)7-9-14/h6-9,11-12,15H,10H2,1-5H3. The van der Waals surface area contributed by atoms with Crippen molar-refractivity contribution in [1.29, 1.82) is 0 Å². The van der Waals surface area contributed by atoms with Gasteiger partial charge in [-0.25, -0.2) is 0 Å². The second kappa shape index (κ2) is 6.58. The maximum Gasteiger partial charge on any atom is 0.314 e.